The lowest BCUT2D eigenvalue weighted by Gasteiger charge is -2.27. The SMILES string of the molecule is CC(C)(C)OC(=O)N1CCC(C)(OCCSc2ccccc2)C1. The second-order valence-corrected chi connectivity index (χ2v) is 8.28. The summed E-state index contributed by atoms with van der Waals surface area (Å²) in [4.78, 5) is 15.1. The first-order chi connectivity index (χ1) is 10.8. The zero-order valence-electron chi connectivity index (χ0n) is 14.5. The molecule has 0 N–H and O–H groups in total. The molecular formula is C18H27NO3S. The third-order valence-corrected chi connectivity index (χ3v) is 4.61. The van der Waals surface area contributed by atoms with Gasteiger partial charge in [0, 0.05) is 17.2 Å². The molecule has 0 spiro atoms. The van der Waals surface area contributed by atoms with E-state index < -0.39 is 5.60 Å². The number of rotatable bonds is 5. The molecule has 0 aromatic heterocycles. The second-order valence-electron chi connectivity index (χ2n) is 7.11. The smallest absolute Gasteiger partial charge is 0.410 e. The van der Waals surface area contributed by atoms with Crippen LogP contribution >= 0.6 is 11.8 Å². The summed E-state index contributed by atoms with van der Waals surface area (Å²) in [6, 6.07) is 10.3. The number of amides is 1. The van der Waals surface area contributed by atoms with Gasteiger partial charge in [-0.3, -0.25) is 0 Å². The predicted octanol–water partition coefficient (Wildman–Crippen LogP) is 4.19. The van der Waals surface area contributed by atoms with E-state index in [1.165, 1.54) is 4.90 Å². The van der Waals surface area contributed by atoms with Crippen molar-refractivity contribution in [3.05, 3.63) is 30.3 Å². The number of hydrogen-bond acceptors (Lipinski definition) is 4. The van der Waals surface area contributed by atoms with Crippen LogP contribution < -0.4 is 0 Å². The van der Waals surface area contributed by atoms with Gasteiger partial charge in [0.05, 0.1) is 18.8 Å². The summed E-state index contributed by atoms with van der Waals surface area (Å²) in [5.41, 5.74) is -0.725. The molecule has 1 aliphatic heterocycles. The number of ether oxygens (including phenoxy) is 2. The van der Waals surface area contributed by atoms with Gasteiger partial charge in [-0.05, 0) is 46.2 Å². The van der Waals surface area contributed by atoms with Gasteiger partial charge in [-0.2, -0.15) is 0 Å². The number of nitrogens with zero attached hydrogens (tertiary/aromatic N) is 1. The number of carbonyl (C=O) groups is 1. The molecule has 1 aromatic carbocycles. The van der Waals surface area contributed by atoms with Crippen LogP contribution in [0, 0.1) is 0 Å². The Hall–Kier alpha value is -1.20. The molecule has 2 rings (SSSR count). The number of hydrogen-bond donors (Lipinski definition) is 0. The van der Waals surface area contributed by atoms with Crippen LogP contribution in [0.25, 0.3) is 0 Å². The summed E-state index contributed by atoms with van der Waals surface area (Å²) in [6.07, 6.45) is 0.603. The zero-order chi connectivity index (χ0) is 16.9. The molecule has 4 nitrogen and oxygen atoms in total. The van der Waals surface area contributed by atoms with Crippen molar-refractivity contribution in [1.82, 2.24) is 4.90 Å². The van der Waals surface area contributed by atoms with Crippen LogP contribution in [0.2, 0.25) is 0 Å². The van der Waals surface area contributed by atoms with Gasteiger partial charge in [0.1, 0.15) is 5.60 Å². The van der Waals surface area contributed by atoms with Crippen LogP contribution in [-0.4, -0.2) is 47.6 Å². The maximum atomic E-state index is 12.1. The van der Waals surface area contributed by atoms with Crippen LogP contribution in [-0.2, 0) is 9.47 Å². The van der Waals surface area contributed by atoms with Crippen molar-refractivity contribution in [1.29, 1.82) is 0 Å². The molecule has 1 atom stereocenters. The minimum Gasteiger partial charge on any atom is -0.444 e. The Morgan fingerprint density at radius 3 is 2.65 bits per heavy atom. The first-order valence-electron chi connectivity index (χ1n) is 8.07. The highest BCUT2D eigenvalue weighted by molar-refractivity contribution is 7.99. The minimum atomic E-state index is -0.455. The Morgan fingerprint density at radius 2 is 2.00 bits per heavy atom. The van der Waals surface area contributed by atoms with E-state index in [0.29, 0.717) is 19.7 Å². The lowest BCUT2D eigenvalue weighted by molar-refractivity contribution is -0.0198. The predicted molar refractivity (Wildman–Crippen MR) is 93.9 cm³/mol. The molecule has 0 aliphatic carbocycles. The lowest BCUT2D eigenvalue weighted by Crippen LogP contribution is -2.39. The molecule has 1 aliphatic rings. The van der Waals surface area contributed by atoms with Crippen molar-refractivity contribution in [2.45, 2.75) is 50.2 Å². The largest absolute Gasteiger partial charge is 0.444 e. The first kappa shape index (κ1) is 18.1. The molecule has 1 unspecified atom stereocenters. The summed E-state index contributed by atoms with van der Waals surface area (Å²) in [7, 11) is 0. The van der Waals surface area contributed by atoms with E-state index in [1.807, 2.05) is 39.0 Å². The summed E-state index contributed by atoms with van der Waals surface area (Å²) in [5, 5.41) is 0. The lowest BCUT2D eigenvalue weighted by atomic mass is 10.1. The van der Waals surface area contributed by atoms with Crippen LogP contribution in [0.1, 0.15) is 34.1 Å². The highest BCUT2D eigenvalue weighted by Crippen LogP contribution is 2.27. The molecule has 128 valence electrons. The van der Waals surface area contributed by atoms with E-state index >= 15 is 0 Å². The molecule has 23 heavy (non-hydrogen) atoms. The quantitative estimate of drug-likeness (QED) is 0.596. The van der Waals surface area contributed by atoms with Gasteiger partial charge in [-0.25, -0.2) is 4.79 Å². The minimum absolute atomic E-state index is 0.247. The fourth-order valence-electron chi connectivity index (χ4n) is 2.50. The van der Waals surface area contributed by atoms with E-state index in [0.717, 1.165) is 12.2 Å². The number of carbonyl (C=O) groups excluding carboxylic acids is 1. The Kier molecular flexibility index (Phi) is 5.98. The molecule has 0 radical (unpaired) electrons. The Morgan fingerprint density at radius 1 is 1.30 bits per heavy atom. The summed E-state index contributed by atoms with van der Waals surface area (Å²) in [5.74, 6) is 0.909. The van der Waals surface area contributed by atoms with Crippen molar-refractivity contribution in [2.75, 3.05) is 25.4 Å². The molecule has 1 heterocycles. The van der Waals surface area contributed by atoms with Gasteiger partial charge < -0.3 is 14.4 Å². The molecule has 1 fully saturated rings. The Balaban J connectivity index is 1.72. The third kappa shape index (κ3) is 6.07. The standard InChI is InChI=1S/C18H27NO3S/c1-17(2,3)22-16(20)19-11-10-18(4,14-19)21-12-13-23-15-8-6-5-7-9-15/h5-9H,10-14H2,1-4H3. The van der Waals surface area contributed by atoms with E-state index in [9.17, 15) is 4.79 Å². The van der Waals surface area contributed by atoms with Crippen LogP contribution in [0.4, 0.5) is 4.79 Å². The molecule has 5 heteroatoms. The zero-order valence-corrected chi connectivity index (χ0v) is 15.3. The fraction of sp³-hybridized carbons (Fsp3) is 0.611. The molecule has 1 saturated heterocycles. The van der Waals surface area contributed by atoms with Crippen LogP contribution in [0.5, 0.6) is 0 Å². The molecule has 0 saturated carbocycles. The summed E-state index contributed by atoms with van der Waals surface area (Å²) >= 11 is 1.79. The number of likely N-dealkylation sites (tertiary alicyclic amines) is 1. The fourth-order valence-corrected chi connectivity index (χ4v) is 3.25. The molecular weight excluding hydrogens is 310 g/mol. The average molecular weight is 337 g/mol. The summed E-state index contributed by atoms with van der Waals surface area (Å²) < 4.78 is 11.5. The van der Waals surface area contributed by atoms with Gasteiger partial charge in [0.25, 0.3) is 0 Å². The number of thioether (sulfide) groups is 1. The third-order valence-electron chi connectivity index (χ3n) is 3.63. The van der Waals surface area contributed by atoms with E-state index in [4.69, 9.17) is 9.47 Å². The average Bonchev–Trinajstić information content (AvgIpc) is 2.86. The topological polar surface area (TPSA) is 38.8 Å². The normalized spacial score (nSPS) is 21.5. The Labute approximate surface area is 143 Å². The summed E-state index contributed by atoms with van der Waals surface area (Å²) in [6.45, 7) is 9.70. The van der Waals surface area contributed by atoms with Crippen LogP contribution in [0.15, 0.2) is 35.2 Å². The van der Waals surface area contributed by atoms with E-state index in [2.05, 4.69) is 19.1 Å². The van der Waals surface area contributed by atoms with Crippen molar-refractivity contribution in [3.8, 4) is 0 Å². The molecule has 0 bridgehead atoms. The molecule has 1 amide bonds. The van der Waals surface area contributed by atoms with Gasteiger partial charge >= 0.3 is 6.09 Å². The Bertz CT molecular complexity index is 515. The highest BCUT2D eigenvalue weighted by Gasteiger charge is 2.38. The van der Waals surface area contributed by atoms with E-state index in [1.54, 1.807) is 16.7 Å². The van der Waals surface area contributed by atoms with Crippen molar-refractivity contribution in [2.24, 2.45) is 0 Å². The maximum absolute atomic E-state index is 12.1. The van der Waals surface area contributed by atoms with E-state index in [-0.39, 0.29) is 11.7 Å². The van der Waals surface area contributed by atoms with Gasteiger partial charge in [-0.1, -0.05) is 18.2 Å². The monoisotopic (exact) mass is 337 g/mol. The second kappa shape index (κ2) is 7.58. The van der Waals surface area contributed by atoms with Gasteiger partial charge in [0.2, 0.25) is 0 Å². The molecule has 1 aromatic rings. The first-order valence-corrected chi connectivity index (χ1v) is 9.06. The highest BCUT2D eigenvalue weighted by atomic mass is 32.2. The number of benzene rings is 1. The van der Waals surface area contributed by atoms with Crippen molar-refractivity contribution >= 4 is 17.9 Å². The maximum Gasteiger partial charge on any atom is 0.410 e. The van der Waals surface area contributed by atoms with Crippen LogP contribution in [0.3, 0.4) is 0 Å². The van der Waals surface area contributed by atoms with Crippen molar-refractivity contribution in [3.63, 3.8) is 0 Å². The van der Waals surface area contributed by atoms with Crippen molar-refractivity contribution < 1.29 is 14.3 Å². The van der Waals surface area contributed by atoms with Gasteiger partial charge in [-0.15, -0.1) is 11.8 Å². The van der Waals surface area contributed by atoms with Gasteiger partial charge in [0.15, 0.2) is 0 Å².